The molecule has 6 heteroatoms. The highest BCUT2D eigenvalue weighted by molar-refractivity contribution is 7.80. The molecule has 5 nitrogen and oxygen atoms in total. The van der Waals surface area contributed by atoms with Crippen LogP contribution < -0.4 is 20.3 Å². The number of anilines is 2. The van der Waals surface area contributed by atoms with Crippen molar-refractivity contribution in [2.75, 3.05) is 10.2 Å². The van der Waals surface area contributed by atoms with E-state index in [4.69, 9.17) is 17.0 Å². The van der Waals surface area contributed by atoms with Crippen LogP contribution in [0.15, 0.2) is 66.7 Å². The monoisotopic (exact) mass is 457 g/mol. The maximum atomic E-state index is 13.9. The zero-order valence-electron chi connectivity index (χ0n) is 19.2. The number of hydrogen-bond donors (Lipinski definition) is 2. The third-order valence-electron chi connectivity index (χ3n) is 6.62. The van der Waals surface area contributed by atoms with Gasteiger partial charge in [0.15, 0.2) is 10.8 Å². The molecule has 1 fully saturated rings. The summed E-state index contributed by atoms with van der Waals surface area (Å²) in [5.41, 5.74) is 4.92. The quantitative estimate of drug-likeness (QED) is 0.515. The molecule has 1 saturated heterocycles. The molecule has 2 aliphatic rings. The Bertz CT molecular complexity index is 1260. The van der Waals surface area contributed by atoms with Crippen LogP contribution in [0.5, 0.6) is 5.75 Å². The highest BCUT2D eigenvalue weighted by Crippen LogP contribution is 2.49. The van der Waals surface area contributed by atoms with Gasteiger partial charge in [0.05, 0.1) is 6.04 Å². The molecular weight excluding hydrogens is 430 g/mol. The molecule has 0 unspecified atom stereocenters. The molecule has 3 aromatic rings. The van der Waals surface area contributed by atoms with Gasteiger partial charge in [-0.25, -0.2) is 0 Å². The van der Waals surface area contributed by atoms with E-state index in [1.165, 1.54) is 0 Å². The molecule has 2 heterocycles. The zero-order chi connectivity index (χ0) is 23.3. The second-order valence-corrected chi connectivity index (χ2v) is 9.46. The number of carbonyl (C=O) groups is 1. The van der Waals surface area contributed by atoms with Crippen molar-refractivity contribution in [1.82, 2.24) is 5.32 Å². The molecule has 3 aromatic carbocycles. The minimum Gasteiger partial charge on any atom is -0.467 e. The molecule has 2 bridgehead atoms. The fourth-order valence-corrected chi connectivity index (χ4v) is 5.39. The van der Waals surface area contributed by atoms with Gasteiger partial charge in [-0.15, -0.1) is 0 Å². The van der Waals surface area contributed by atoms with Crippen LogP contribution in [0.1, 0.15) is 35.2 Å². The normalized spacial score (nSPS) is 23.3. The second kappa shape index (κ2) is 7.89. The number of nitrogens with zero attached hydrogens (tertiary/aromatic N) is 1. The average Bonchev–Trinajstić information content (AvgIpc) is 2.76. The smallest absolute Gasteiger partial charge is 0.236 e. The van der Waals surface area contributed by atoms with Gasteiger partial charge in [0, 0.05) is 16.9 Å². The van der Waals surface area contributed by atoms with Crippen molar-refractivity contribution >= 4 is 34.6 Å². The van der Waals surface area contributed by atoms with Crippen molar-refractivity contribution in [2.24, 2.45) is 5.92 Å². The number of amides is 1. The molecule has 168 valence electrons. The van der Waals surface area contributed by atoms with E-state index in [1.807, 2.05) is 93.3 Å². The van der Waals surface area contributed by atoms with Crippen molar-refractivity contribution in [2.45, 2.75) is 39.5 Å². The Morgan fingerprint density at radius 3 is 2.45 bits per heavy atom. The average molecular weight is 458 g/mol. The van der Waals surface area contributed by atoms with E-state index in [9.17, 15) is 4.79 Å². The largest absolute Gasteiger partial charge is 0.467 e. The first kappa shape index (κ1) is 21.5. The molecule has 0 radical (unpaired) electrons. The number of ether oxygens (including phenoxy) is 1. The first-order chi connectivity index (χ1) is 15.8. The lowest BCUT2D eigenvalue weighted by Gasteiger charge is -2.56. The van der Waals surface area contributed by atoms with Gasteiger partial charge in [-0.1, -0.05) is 53.6 Å². The van der Waals surface area contributed by atoms with Crippen LogP contribution >= 0.6 is 12.2 Å². The number of benzene rings is 3. The number of aryl methyl sites for hydroxylation is 3. The number of hydrogen-bond acceptors (Lipinski definition) is 3. The van der Waals surface area contributed by atoms with Gasteiger partial charge in [-0.2, -0.15) is 0 Å². The van der Waals surface area contributed by atoms with Crippen LogP contribution in [-0.4, -0.2) is 16.7 Å². The van der Waals surface area contributed by atoms with E-state index in [0.29, 0.717) is 5.11 Å². The van der Waals surface area contributed by atoms with Gasteiger partial charge in [-0.05, 0) is 69.7 Å². The molecule has 1 amide bonds. The van der Waals surface area contributed by atoms with Gasteiger partial charge >= 0.3 is 0 Å². The third-order valence-corrected chi connectivity index (χ3v) is 6.92. The Labute approximate surface area is 199 Å². The first-order valence-electron chi connectivity index (χ1n) is 11.1. The Kier molecular flexibility index (Phi) is 5.13. The van der Waals surface area contributed by atoms with Crippen LogP contribution in [-0.2, 0) is 4.79 Å². The molecule has 0 aliphatic carbocycles. The number of thiocarbonyl (C=S) groups is 1. The number of para-hydroxylation sites is 1. The van der Waals surface area contributed by atoms with Crippen molar-refractivity contribution in [1.29, 1.82) is 0 Å². The topological polar surface area (TPSA) is 53.6 Å². The number of carbonyl (C=O) groups excluding carboxylic acids is 1. The molecule has 3 atom stereocenters. The summed E-state index contributed by atoms with van der Waals surface area (Å²) in [4.78, 5) is 15.8. The maximum absolute atomic E-state index is 13.9. The Morgan fingerprint density at radius 1 is 1.03 bits per heavy atom. The van der Waals surface area contributed by atoms with E-state index in [2.05, 4.69) is 16.7 Å². The van der Waals surface area contributed by atoms with Gasteiger partial charge in [0.1, 0.15) is 11.7 Å². The highest BCUT2D eigenvalue weighted by atomic mass is 32.1. The number of nitrogens with one attached hydrogen (secondary N) is 2. The molecule has 2 aliphatic heterocycles. The summed E-state index contributed by atoms with van der Waals surface area (Å²) >= 11 is 5.80. The van der Waals surface area contributed by atoms with E-state index < -0.39 is 11.6 Å². The SMILES string of the molecule is Cc1ccc(N2C(=S)N[C@@H]3c4ccccc4O[C@]2(C)[C@@H]3C(=O)Nc2ccc(C)cc2C)cc1. The van der Waals surface area contributed by atoms with Crippen LogP contribution in [0.2, 0.25) is 0 Å². The van der Waals surface area contributed by atoms with Gasteiger partial charge < -0.3 is 15.4 Å². The summed E-state index contributed by atoms with van der Waals surface area (Å²) in [5.74, 6) is 0.0878. The summed E-state index contributed by atoms with van der Waals surface area (Å²) < 4.78 is 6.62. The van der Waals surface area contributed by atoms with E-state index in [0.717, 1.165) is 39.4 Å². The van der Waals surface area contributed by atoms with Crippen LogP contribution in [0, 0.1) is 26.7 Å². The lowest BCUT2D eigenvalue weighted by Crippen LogP contribution is -2.72. The van der Waals surface area contributed by atoms with Gasteiger partial charge in [-0.3, -0.25) is 9.69 Å². The van der Waals surface area contributed by atoms with Crippen LogP contribution in [0.25, 0.3) is 0 Å². The Balaban J connectivity index is 1.61. The number of fused-ring (bicyclic) bond motifs is 4. The van der Waals surface area contributed by atoms with Crippen molar-refractivity contribution < 1.29 is 9.53 Å². The molecule has 0 aromatic heterocycles. The molecule has 2 N–H and O–H groups in total. The fourth-order valence-electron chi connectivity index (χ4n) is 4.98. The highest BCUT2D eigenvalue weighted by Gasteiger charge is 2.59. The van der Waals surface area contributed by atoms with Gasteiger partial charge in [0.2, 0.25) is 5.91 Å². The summed E-state index contributed by atoms with van der Waals surface area (Å²) in [7, 11) is 0. The maximum Gasteiger partial charge on any atom is 0.236 e. The molecule has 0 spiro atoms. The number of rotatable bonds is 3. The van der Waals surface area contributed by atoms with Crippen molar-refractivity contribution in [3.05, 3.63) is 89.0 Å². The van der Waals surface area contributed by atoms with Crippen molar-refractivity contribution in [3.8, 4) is 5.75 Å². The lowest BCUT2D eigenvalue weighted by atomic mass is 9.78. The van der Waals surface area contributed by atoms with Crippen molar-refractivity contribution in [3.63, 3.8) is 0 Å². The van der Waals surface area contributed by atoms with Crippen LogP contribution in [0.4, 0.5) is 11.4 Å². The predicted octanol–water partition coefficient (Wildman–Crippen LogP) is 5.41. The fraction of sp³-hybridized carbons (Fsp3) is 0.259. The first-order valence-corrected chi connectivity index (χ1v) is 11.5. The Hall–Kier alpha value is -3.38. The summed E-state index contributed by atoms with van der Waals surface area (Å²) in [6.45, 7) is 8.04. The van der Waals surface area contributed by atoms with E-state index in [1.54, 1.807) is 0 Å². The molecule has 0 saturated carbocycles. The molecule has 33 heavy (non-hydrogen) atoms. The third kappa shape index (κ3) is 3.55. The van der Waals surface area contributed by atoms with Gasteiger partial charge in [0.25, 0.3) is 0 Å². The van der Waals surface area contributed by atoms with Crippen LogP contribution in [0.3, 0.4) is 0 Å². The summed E-state index contributed by atoms with van der Waals surface area (Å²) in [5, 5.41) is 7.15. The molecule has 5 rings (SSSR count). The minimum absolute atomic E-state index is 0.115. The minimum atomic E-state index is -1.01. The Morgan fingerprint density at radius 2 is 1.73 bits per heavy atom. The summed E-state index contributed by atoms with van der Waals surface area (Å²) in [6.07, 6.45) is 0. The van der Waals surface area contributed by atoms with E-state index >= 15 is 0 Å². The molecular formula is C27H27N3O2S. The van der Waals surface area contributed by atoms with E-state index in [-0.39, 0.29) is 11.9 Å². The summed E-state index contributed by atoms with van der Waals surface area (Å²) in [6, 6.07) is 21.7. The predicted molar refractivity (Wildman–Crippen MR) is 136 cm³/mol. The second-order valence-electron chi connectivity index (χ2n) is 9.08. The zero-order valence-corrected chi connectivity index (χ0v) is 20.0. The standard InChI is InChI=1S/C27H27N3O2S/c1-16-9-12-19(13-10-16)30-26(33)29-24-20-7-5-6-8-22(20)32-27(30,4)23(24)25(31)28-21-14-11-17(2)15-18(21)3/h5-15,23-24H,1-4H3,(H,28,31)(H,29,33)/t23-,24+,27+/m0/s1. The lowest BCUT2D eigenvalue weighted by molar-refractivity contribution is -0.130.